The molecule has 2 heterocycles. The average Bonchev–Trinajstić information content (AvgIpc) is 2.91. The van der Waals surface area contributed by atoms with Gasteiger partial charge < -0.3 is 10.1 Å². The van der Waals surface area contributed by atoms with Crippen molar-refractivity contribution < 1.29 is 19.1 Å². The molecule has 110 valence electrons. The van der Waals surface area contributed by atoms with Crippen molar-refractivity contribution >= 4 is 23.5 Å². The van der Waals surface area contributed by atoms with E-state index in [1.54, 1.807) is 17.0 Å². The van der Waals surface area contributed by atoms with Crippen LogP contribution in [0.15, 0.2) is 18.2 Å². The smallest absolute Gasteiger partial charge is 0.415 e. The van der Waals surface area contributed by atoms with Gasteiger partial charge in [0, 0.05) is 25.5 Å². The molecular formula is C15H16N2O4. The van der Waals surface area contributed by atoms with Crippen LogP contribution in [0.2, 0.25) is 0 Å². The van der Waals surface area contributed by atoms with Crippen molar-refractivity contribution in [2.45, 2.75) is 25.8 Å². The van der Waals surface area contributed by atoms with Gasteiger partial charge in [0.05, 0.1) is 5.69 Å². The van der Waals surface area contributed by atoms with E-state index in [0.29, 0.717) is 18.5 Å². The molecule has 1 N–H and O–H groups in total. The lowest BCUT2D eigenvalue weighted by molar-refractivity contribution is -0.119. The van der Waals surface area contributed by atoms with Crippen LogP contribution in [0.3, 0.4) is 0 Å². The van der Waals surface area contributed by atoms with Gasteiger partial charge in [-0.15, -0.1) is 0 Å². The van der Waals surface area contributed by atoms with Crippen LogP contribution in [0.4, 0.5) is 10.5 Å². The molecule has 0 spiro atoms. The number of carbonyl (C=O) groups excluding carboxylic acids is 3. The van der Waals surface area contributed by atoms with Gasteiger partial charge >= 0.3 is 6.09 Å². The van der Waals surface area contributed by atoms with Crippen molar-refractivity contribution in [1.29, 1.82) is 0 Å². The summed E-state index contributed by atoms with van der Waals surface area (Å²) in [5, 5.41) is 2.76. The quantitative estimate of drug-likeness (QED) is 0.850. The van der Waals surface area contributed by atoms with E-state index >= 15 is 0 Å². The average molecular weight is 288 g/mol. The minimum absolute atomic E-state index is 0.0108. The molecule has 0 aliphatic carbocycles. The molecule has 1 atom stereocenters. The van der Waals surface area contributed by atoms with Gasteiger partial charge in [-0.2, -0.15) is 0 Å². The van der Waals surface area contributed by atoms with Crippen LogP contribution in [0.5, 0.6) is 0 Å². The Bertz CT molecular complexity index is 655. The number of anilines is 1. The Labute approximate surface area is 122 Å². The standard InChI is InChI=1S/C15H16N2O4/c1-9(18)11-3-4-13-12(5-11)6-15(7-16-10(2)19)8-21-14(20)17(13)15/h3-5H,6-8H2,1-2H3,(H,16,19). The Kier molecular flexibility index (Phi) is 2.97. The fraction of sp³-hybridized carbons (Fsp3) is 0.400. The molecule has 1 aromatic rings. The highest BCUT2D eigenvalue weighted by Crippen LogP contribution is 2.43. The van der Waals surface area contributed by atoms with Crippen LogP contribution in [0.1, 0.15) is 29.8 Å². The highest BCUT2D eigenvalue weighted by atomic mass is 16.6. The summed E-state index contributed by atoms with van der Waals surface area (Å²) in [6.07, 6.45) is 0.157. The molecule has 1 saturated heterocycles. The van der Waals surface area contributed by atoms with Gasteiger partial charge in [-0.1, -0.05) is 0 Å². The number of nitrogens with one attached hydrogen (secondary N) is 1. The molecule has 1 fully saturated rings. The van der Waals surface area contributed by atoms with Gasteiger partial charge in [-0.3, -0.25) is 14.5 Å². The number of hydrogen-bond acceptors (Lipinski definition) is 4. The van der Waals surface area contributed by atoms with E-state index in [9.17, 15) is 14.4 Å². The van der Waals surface area contributed by atoms with E-state index in [1.807, 2.05) is 6.07 Å². The molecule has 21 heavy (non-hydrogen) atoms. The fourth-order valence-electron chi connectivity index (χ4n) is 3.00. The van der Waals surface area contributed by atoms with Crippen LogP contribution in [-0.2, 0) is 16.0 Å². The second-order valence-corrected chi connectivity index (χ2v) is 5.60. The number of Topliss-reactive ketones (excluding diaryl/α,β-unsaturated/α-hetero) is 1. The minimum Gasteiger partial charge on any atom is -0.447 e. The van der Waals surface area contributed by atoms with Gasteiger partial charge in [0.1, 0.15) is 12.1 Å². The Morgan fingerprint density at radius 2 is 2.14 bits per heavy atom. The van der Waals surface area contributed by atoms with Gasteiger partial charge in [0.25, 0.3) is 0 Å². The zero-order chi connectivity index (χ0) is 15.2. The summed E-state index contributed by atoms with van der Waals surface area (Å²) >= 11 is 0. The summed E-state index contributed by atoms with van der Waals surface area (Å²) < 4.78 is 5.16. The number of hydrogen-bond donors (Lipinski definition) is 1. The molecule has 2 aliphatic heterocycles. The minimum atomic E-state index is -0.583. The normalized spacial score (nSPS) is 22.6. The molecule has 0 bridgehead atoms. The summed E-state index contributed by atoms with van der Waals surface area (Å²) in [6, 6.07) is 5.30. The van der Waals surface area contributed by atoms with Crippen LogP contribution in [0, 0.1) is 0 Å². The highest BCUT2D eigenvalue weighted by molar-refractivity contribution is 5.98. The first-order valence-corrected chi connectivity index (χ1v) is 6.78. The Morgan fingerprint density at radius 3 is 2.81 bits per heavy atom. The number of ether oxygens (including phenoxy) is 1. The molecule has 6 heteroatoms. The topological polar surface area (TPSA) is 75.7 Å². The predicted molar refractivity (Wildman–Crippen MR) is 75.4 cm³/mol. The zero-order valence-electron chi connectivity index (χ0n) is 11.9. The molecule has 0 aromatic heterocycles. The second-order valence-electron chi connectivity index (χ2n) is 5.60. The van der Waals surface area contributed by atoms with E-state index in [4.69, 9.17) is 4.74 Å². The molecule has 0 radical (unpaired) electrons. The number of carbonyl (C=O) groups is 3. The molecule has 6 nitrogen and oxygen atoms in total. The highest BCUT2D eigenvalue weighted by Gasteiger charge is 2.53. The summed E-state index contributed by atoms with van der Waals surface area (Å²) in [6.45, 7) is 3.52. The van der Waals surface area contributed by atoms with Gasteiger partial charge in [0.2, 0.25) is 5.91 Å². The fourth-order valence-corrected chi connectivity index (χ4v) is 3.00. The van der Waals surface area contributed by atoms with E-state index in [-0.39, 0.29) is 18.3 Å². The Morgan fingerprint density at radius 1 is 1.38 bits per heavy atom. The predicted octanol–water partition coefficient (Wildman–Crippen LogP) is 1.28. The number of fused-ring (bicyclic) bond motifs is 3. The molecule has 1 aromatic carbocycles. The summed E-state index contributed by atoms with van der Waals surface area (Å²) in [5.41, 5.74) is 1.73. The summed E-state index contributed by atoms with van der Waals surface area (Å²) in [7, 11) is 0. The summed E-state index contributed by atoms with van der Waals surface area (Å²) in [5.74, 6) is -0.160. The van der Waals surface area contributed by atoms with E-state index in [0.717, 1.165) is 11.3 Å². The van der Waals surface area contributed by atoms with Gasteiger partial charge in [-0.25, -0.2) is 4.79 Å². The van der Waals surface area contributed by atoms with Gasteiger partial charge in [0.15, 0.2) is 5.78 Å². The first-order chi connectivity index (χ1) is 9.93. The Balaban J connectivity index is 1.99. The third-order valence-electron chi connectivity index (χ3n) is 4.03. The van der Waals surface area contributed by atoms with Crippen LogP contribution >= 0.6 is 0 Å². The maximum Gasteiger partial charge on any atom is 0.415 e. The van der Waals surface area contributed by atoms with Crippen molar-refractivity contribution in [3.05, 3.63) is 29.3 Å². The molecule has 3 rings (SSSR count). The van der Waals surface area contributed by atoms with Crippen LogP contribution < -0.4 is 10.2 Å². The number of cyclic esters (lactones) is 1. The van der Waals surface area contributed by atoms with Crippen LogP contribution in [-0.4, -0.2) is 36.5 Å². The van der Waals surface area contributed by atoms with E-state index in [1.165, 1.54) is 13.8 Å². The molecule has 0 saturated carbocycles. The summed E-state index contributed by atoms with van der Waals surface area (Å²) in [4.78, 5) is 36.3. The lowest BCUT2D eigenvalue weighted by atomic mass is 9.95. The van der Waals surface area contributed by atoms with E-state index < -0.39 is 11.6 Å². The first-order valence-electron chi connectivity index (χ1n) is 6.78. The lowest BCUT2D eigenvalue weighted by Crippen LogP contribution is -2.53. The number of benzene rings is 1. The van der Waals surface area contributed by atoms with E-state index in [2.05, 4.69) is 5.32 Å². The maximum atomic E-state index is 12.0. The number of rotatable bonds is 3. The Hall–Kier alpha value is -2.37. The lowest BCUT2D eigenvalue weighted by Gasteiger charge is -2.28. The van der Waals surface area contributed by atoms with Crippen molar-refractivity contribution in [2.24, 2.45) is 0 Å². The second kappa shape index (κ2) is 4.58. The molecular weight excluding hydrogens is 272 g/mol. The number of nitrogens with zero attached hydrogens (tertiary/aromatic N) is 1. The largest absolute Gasteiger partial charge is 0.447 e. The number of ketones is 1. The van der Waals surface area contributed by atoms with Crippen molar-refractivity contribution in [1.82, 2.24) is 5.32 Å². The molecule has 1 unspecified atom stereocenters. The third-order valence-corrected chi connectivity index (χ3v) is 4.03. The molecule has 2 aliphatic rings. The van der Waals surface area contributed by atoms with Crippen LogP contribution in [0.25, 0.3) is 0 Å². The van der Waals surface area contributed by atoms with Gasteiger partial charge in [-0.05, 0) is 30.7 Å². The zero-order valence-corrected chi connectivity index (χ0v) is 11.9. The SMILES string of the molecule is CC(=O)NCC12COC(=O)N1c1ccc(C(C)=O)cc1C2. The monoisotopic (exact) mass is 288 g/mol. The van der Waals surface area contributed by atoms with Crippen molar-refractivity contribution in [3.63, 3.8) is 0 Å². The van der Waals surface area contributed by atoms with Crippen molar-refractivity contribution in [3.8, 4) is 0 Å². The third kappa shape index (κ3) is 2.07. The molecule has 2 amide bonds. The van der Waals surface area contributed by atoms with Crippen molar-refractivity contribution in [2.75, 3.05) is 18.1 Å². The maximum absolute atomic E-state index is 12.0. The first kappa shape index (κ1) is 13.6. The number of amides is 2.